The van der Waals surface area contributed by atoms with E-state index in [2.05, 4.69) is 0 Å². The molecule has 1 saturated heterocycles. The minimum absolute atomic E-state index is 0.104. The first-order chi connectivity index (χ1) is 12.2. The smallest absolute Gasteiger partial charge is 0.254 e. The van der Waals surface area contributed by atoms with E-state index in [0.29, 0.717) is 13.0 Å². The zero-order valence-electron chi connectivity index (χ0n) is 14.5. The lowest BCUT2D eigenvalue weighted by molar-refractivity contribution is -0.110. The molecule has 3 nitrogen and oxygen atoms in total. The van der Waals surface area contributed by atoms with Gasteiger partial charge in [-0.2, -0.15) is 0 Å². The minimum Gasteiger partial charge on any atom is -0.385 e. The van der Waals surface area contributed by atoms with Crippen molar-refractivity contribution in [2.75, 3.05) is 6.54 Å². The molecule has 1 aliphatic heterocycles. The third kappa shape index (κ3) is 2.87. The second-order valence-electron chi connectivity index (χ2n) is 7.36. The van der Waals surface area contributed by atoms with Crippen LogP contribution >= 0.6 is 0 Å². The van der Waals surface area contributed by atoms with Crippen molar-refractivity contribution in [2.24, 2.45) is 5.92 Å². The fourth-order valence-corrected chi connectivity index (χ4v) is 4.77. The average molecular weight is 335 g/mol. The Balaban J connectivity index is 1.66. The number of hydrogen-bond acceptors (Lipinski definition) is 2. The first-order valence-corrected chi connectivity index (χ1v) is 9.34. The number of piperidine rings is 1. The topological polar surface area (TPSA) is 40.5 Å². The lowest BCUT2D eigenvalue weighted by Gasteiger charge is -2.52. The van der Waals surface area contributed by atoms with Gasteiger partial charge < -0.3 is 10.0 Å². The van der Waals surface area contributed by atoms with Crippen LogP contribution in [0.5, 0.6) is 0 Å². The Kier molecular flexibility index (Phi) is 4.34. The van der Waals surface area contributed by atoms with Crippen LogP contribution in [0.3, 0.4) is 0 Å². The summed E-state index contributed by atoms with van der Waals surface area (Å²) in [5.74, 6) is 0.220. The number of carbonyl (C=O) groups is 1. The number of hydrogen-bond donors (Lipinski definition) is 1. The van der Waals surface area contributed by atoms with Crippen molar-refractivity contribution in [1.82, 2.24) is 4.90 Å². The van der Waals surface area contributed by atoms with Gasteiger partial charge in [-0.3, -0.25) is 4.79 Å². The third-order valence-corrected chi connectivity index (χ3v) is 6.03. The maximum atomic E-state index is 13.0. The Hall–Kier alpha value is -2.13. The normalized spacial score (nSPS) is 29.1. The molecule has 130 valence electrons. The fraction of sp³-hybridized carbons (Fsp3) is 0.409. The Morgan fingerprint density at radius 2 is 1.60 bits per heavy atom. The molecule has 0 radical (unpaired) electrons. The SMILES string of the molecule is O=C(c1ccccc1)N1CC[C@@](O)(c2ccccc2)[C@@H]2CCCCC21. The molecule has 1 saturated carbocycles. The van der Waals surface area contributed by atoms with Crippen LogP contribution in [-0.2, 0) is 5.60 Å². The highest BCUT2D eigenvalue weighted by Crippen LogP contribution is 2.47. The average Bonchev–Trinajstić information content (AvgIpc) is 2.69. The number of nitrogens with zero attached hydrogens (tertiary/aromatic N) is 1. The van der Waals surface area contributed by atoms with Gasteiger partial charge in [-0.25, -0.2) is 0 Å². The van der Waals surface area contributed by atoms with E-state index in [1.807, 2.05) is 65.6 Å². The van der Waals surface area contributed by atoms with Gasteiger partial charge in [-0.1, -0.05) is 61.4 Å². The van der Waals surface area contributed by atoms with Crippen molar-refractivity contribution in [1.29, 1.82) is 0 Å². The monoisotopic (exact) mass is 335 g/mol. The van der Waals surface area contributed by atoms with Crippen LogP contribution in [0, 0.1) is 5.92 Å². The number of amides is 1. The number of fused-ring (bicyclic) bond motifs is 1. The van der Waals surface area contributed by atoms with Gasteiger partial charge in [-0.05, 0) is 37.0 Å². The largest absolute Gasteiger partial charge is 0.385 e. The lowest BCUT2D eigenvalue weighted by atomic mass is 9.66. The molecule has 1 aliphatic carbocycles. The van der Waals surface area contributed by atoms with E-state index >= 15 is 0 Å². The van der Waals surface area contributed by atoms with Gasteiger partial charge in [0.05, 0.1) is 5.60 Å². The van der Waals surface area contributed by atoms with Crippen molar-refractivity contribution in [3.05, 3.63) is 71.8 Å². The summed E-state index contributed by atoms with van der Waals surface area (Å²) >= 11 is 0. The molecule has 0 aromatic heterocycles. The summed E-state index contributed by atoms with van der Waals surface area (Å²) in [6, 6.07) is 19.7. The number of benzene rings is 2. The highest BCUT2D eigenvalue weighted by Gasteiger charge is 2.50. The van der Waals surface area contributed by atoms with Crippen LogP contribution in [0.1, 0.15) is 48.0 Å². The van der Waals surface area contributed by atoms with Crippen molar-refractivity contribution >= 4 is 5.91 Å². The Labute approximate surface area is 149 Å². The van der Waals surface area contributed by atoms with Crippen LogP contribution in [0.4, 0.5) is 0 Å². The summed E-state index contributed by atoms with van der Waals surface area (Å²) in [5.41, 5.74) is 0.926. The van der Waals surface area contributed by atoms with Crippen molar-refractivity contribution in [3.63, 3.8) is 0 Å². The van der Waals surface area contributed by atoms with Gasteiger partial charge >= 0.3 is 0 Å². The molecule has 0 bridgehead atoms. The predicted molar refractivity (Wildman–Crippen MR) is 98.2 cm³/mol. The number of rotatable bonds is 2. The molecule has 0 spiro atoms. The van der Waals surface area contributed by atoms with Crippen LogP contribution in [0.15, 0.2) is 60.7 Å². The molecule has 2 aromatic carbocycles. The molecule has 1 amide bonds. The quantitative estimate of drug-likeness (QED) is 0.902. The fourth-order valence-electron chi connectivity index (χ4n) is 4.77. The summed E-state index contributed by atoms with van der Waals surface area (Å²) in [4.78, 5) is 15.1. The summed E-state index contributed by atoms with van der Waals surface area (Å²) < 4.78 is 0. The lowest BCUT2D eigenvalue weighted by Crippen LogP contribution is -2.58. The molecule has 1 N–H and O–H groups in total. The molecular formula is C22H25NO2. The molecule has 3 heteroatoms. The number of likely N-dealkylation sites (tertiary alicyclic amines) is 1. The minimum atomic E-state index is -0.820. The zero-order valence-corrected chi connectivity index (χ0v) is 14.5. The second-order valence-corrected chi connectivity index (χ2v) is 7.36. The highest BCUT2D eigenvalue weighted by molar-refractivity contribution is 5.94. The van der Waals surface area contributed by atoms with Crippen LogP contribution in [-0.4, -0.2) is 28.5 Å². The van der Waals surface area contributed by atoms with E-state index in [1.54, 1.807) is 0 Å². The second kappa shape index (κ2) is 6.64. The molecule has 2 aromatic rings. The summed E-state index contributed by atoms with van der Waals surface area (Å²) in [6.07, 6.45) is 4.83. The van der Waals surface area contributed by atoms with E-state index in [0.717, 1.165) is 36.8 Å². The molecule has 2 fully saturated rings. The summed E-state index contributed by atoms with van der Waals surface area (Å²) in [5, 5.41) is 11.6. The van der Waals surface area contributed by atoms with Crippen molar-refractivity contribution in [2.45, 2.75) is 43.7 Å². The van der Waals surface area contributed by atoms with E-state index in [4.69, 9.17) is 0 Å². The van der Waals surface area contributed by atoms with Gasteiger partial charge in [0, 0.05) is 24.1 Å². The first-order valence-electron chi connectivity index (χ1n) is 9.34. The Morgan fingerprint density at radius 3 is 2.32 bits per heavy atom. The van der Waals surface area contributed by atoms with Gasteiger partial charge in [0.1, 0.15) is 0 Å². The number of carbonyl (C=O) groups excluding carboxylic acids is 1. The summed E-state index contributed by atoms with van der Waals surface area (Å²) in [7, 11) is 0. The molecule has 2 aliphatic rings. The Bertz CT molecular complexity index is 730. The molecular weight excluding hydrogens is 310 g/mol. The molecule has 1 heterocycles. The van der Waals surface area contributed by atoms with Gasteiger partial charge in [-0.15, -0.1) is 0 Å². The van der Waals surface area contributed by atoms with E-state index in [9.17, 15) is 9.90 Å². The predicted octanol–water partition coefficient (Wildman–Crippen LogP) is 3.98. The van der Waals surface area contributed by atoms with Gasteiger partial charge in [0.15, 0.2) is 0 Å². The maximum Gasteiger partial charge on any atom is 0.254 e. The van der Waals surface area contributed by atoms with Crippen molar-refractivity contribution in [3.8, 4) is 0 Å². The Morgan fingerprint density at radius 1 is 0.960 bits per heavy atom. The van der Waals surface area contributed by atoms with Crippen LogP contribution in [0.2, 0.25) is 0 Å². The molecule has 3 atom stereocenters. The van der Waals surface area contributed by atoms with Gasteiger partial charge in [0.25, 0.3) is 5.91 Å². The van der Waals surface area contributed by atoms with Crippen molar-refractivity contribution < 1.29 is 9.90 Å². The van der Waals surface area contributed by atoms with E-state index in [-0.39, 0.29) is 17.9 Å². The molecule has 25 heavy (non-hydrogen) atoms. The highest BCUT2D eigenvalue weighted by atomic mass is 16.3. The van der Waals surface area contributed by atoms with Gasteiger partial charge in [0.2, 0.25) is 0 Å². The number of aliphatic hydroxyl groups is 1. The zero-order chi connectivity index (χ0) is 17.3. The van der Waals surface area contributed by atoms with E-state index in [1.165, 1.54) is 0 Å². The molecule has 4 rings (SSSR count). The molecule has 1 unspecified atom stereocenters. The van der Waals surface area contributed by atoms with E-state index < -0.39 is 5.60 Å². The standard InChI is InChI=1S/C22H25NO2/c24-21(17-9-3-1-4-10-17)23-16-15-22(25,18-11-5-2-6-12-18)19-13-7-8-14-20(19)23/h1-6,9-12,19-20,25H,7-8,13-16H2/t19-,20?,22-/m1/s1. The maximum absolute atomic E-state index is 13.0. The first kappa shape index (κ1) is 16.3. The van der Waals surface area contributed by atoms with Crippen LogP contribution < -0.4 is 0 Å². The van der Waals surface area contributed by atoms with Crippen LogP contribution in [0.25, 0.3) is 0 Å². The summed E-state index contributed by atoms with van der Waals surface area (Å²) in [6.45, 7) is 0.611. The third-order valence-electron chi connectivity index (χ3n) is 6.03.